The zero-order valence-electron chi connectivity index (χ0n) is 9.55. The first kappa shape index (κ1) is 12.7. The maximum atomic E-state index is 12.7. The van der Waals surface area contributed by atoms with Crippen molar-refractivity contribution in [2.24, 2.45) is 23.2 Å². The average molecular weight is 280 g/mol. The molecule has 19 heavy (non-hydrogen) atoms. The van der Waals surface area contributed by atoms with E-state index in [4.69, 9.17) is 9.84 Å². The van der Waals surface area contributed by atoms with Gasteiger partial charge in [-0.25, -0.2) is 0 Å². The fraction of sp³-hybridized carbons (Fsp3) is 0.818. The standard InChI is InChI=1S/C11H11F3O5/c12-11(13,14)2-10-4-1-3(5(10)8(16)17)6(15)7(4)19-9(10)18/h3-7,15H,1-2H2,(H,16,17). The van der Waals surface area contributed by atoms with Gasteiger partial charge in [0.1, 0.15) is 6.10 Å². The second-order valence-electron chi connectivity index (χ2n) is 5.51. The lowest BCUT2D eigenvalue weighted by atomic mass is 9.64. The topological polar surface area (TPSA) is 83.8 Å². The van der Waals surface area contributed by atoms with Crippen molar-refractivity contribution in [3.8, 4) is 0 Å². The second kappa shape index (κ2) is 3.41. The number of aliphatic carboxylic acids is 1. The van der Waals surface area contributed by atoms with E-state index in [9.17, 15) is 27.9 Å². The molecule has 106 valence electrons. The van der Waals surface area contributed by atoms with E-state index in [0.717, 1.165) is 0 Å². The van der Waals surface area contributed by atoms with Crippen LogP contribution in [0.3, 0.4) is 0 Å². The molecule has 0 aromatic heterocycles. The van der Waals surface area contributed by atoms with E-state index in [2.05, 4.69) is 0 Å². The second-order valence-corrected chi connectivity index (χ2v) is 5.51. The highest BCUT2D eigenvalue weighted by Crippen LogP contribution is 2.67. The first-order chi connectivity index (χ1) is 8.68. The SMILES string of the molecule is O=C(O)C1C2CC3C(OC(=O)C31CC(F)(F)F)C2O. The molecule has 5 nitrogen and oxygen atoms in total. The molecule has 0 radical (unpaired) electrons. The minimum Gasteiger partial charge on any atom is -0.481 e. The minimum absolute atomic E-state index is 0.0879. The molecule has 1 aliphatic heterocycles. The molecule has 0 aromatic rings. The van der Waals surface area contributed by atoms with Gasteiger partial charge >= 0.3 is 18.1 Å². The van der Waals surface area contributed by atoms with Gasteiger partial charge in [0.2, 0.25) is 0 Å². The highest BCUT2D eigenvalue weighted by atomic mass is 19.4. The van der Waals surface area contributed by atoms with E-state index in [0.29, 0.717) is 0 Å². The zero-order valence-corrected chi connectivity index (χ0v) is 9.55. The Kier molecular flexibility index (Phi) is 2.28. The molecule has 3 rings (SSSR count). The highest BCUT2D eigenvalue weighted by Gasteiger charge is 2.78. The van der Waals surface area contributed by atoms with Gasteiger partial charge in [-0.15, -0.1) is 0 Å². The van der Waals surface area contributed by atoms with E-state index in [1.54, 1.807) is 0 Å². The number of aliphatic hydroxyl groups is 1. The van der Waals surface area contributed by atoms with Crippen LogP contribution in [-0.2, 0) is 14.3 Å². The molecule has 2 saturated carbocycles. The number of hydrogen-bond donors (Lipinski definition) is 2. The zero-order chi connectivity index (χ0) is 14.2. The van der Waals surface area contributed by atoms with Crippen molar-refractivity contribution in [3.05, 3.63) is 0 Å². The molecule has 2 N–H and O–H groups in total. The predicted octanol–water partition coefficient (Wildman–Crippen LogP) is 0.562. The van der Waals surface area contributed by atoms with Gasteiger partial charge < -0.3 is 14.9 Å². The summed E-state index contributed by atoms with van der Waals surface area (Å²) in [5.41, 5.74) is -2.06. The van der Waals surface area contributed by atoms with Gasteiger partial charge in [-0.05, 0) is 6.42 Å². The molecule has 2 bridgehead atoms. The van der Waals surface area contributed by atoms with Crippen LogP contribution in [0, 0.1) is 23.2 Å². The van der Waals surface area contributed by atoms with Crippen LogP contribution in [0.25, 0.3) is 0 Å². The van der Waals surface area contributed by atoms with E-state index >= 15 is 0 Å². The minimum atomic E-state index is -4.66. The van der Waals surface area contributed by atoms with Crippen LogP contribution in [0.5, 0.6) is 0 Å². The Hall–Kier alpha value is -1.31. The molecule has 2 aliphatic carbocycles. The van der Waals surface area contributed by atoms with Crippen LogP contribution in [0.4, 0.5) is 13.2 Å². The van der Waals surface area contributed by atoms with Crippen LogP contribution in [0.15, 0.2) is 0 Å². The molecular weight excluding hydrogens is 269 g/mol. The number of halogens is 3. The lowest BCUT2D eigenvalue weighted by Crippen LogP contribution is -2.50. The summed E-state index contributed by atoms with van der Waals surface area (Å²) >= 11 is 0. The fourth-order valence-electron chi connectivity index (χ4n) is 4.21. The van der Waals surface area contributed by atoms with Crippen LogP contribution in [0.1, 0.15) is 12.8 Å². The van der Waals surface area contributed by atoms with Gasteiger partial charge in [-0.2, -0.15) is 13.2 Å². The number of ether oxygens (including phenoxy) is 1. The van der Waals surface area contributed by atoms with Crippen molar-refractivity contribution < 1.29 is 37.7 Å². The number of carbonyl (C=O) groups excluding carboxylic acids is 1. The summed E-state index contributed by atoms with van der Waals surface area (Å²) < 4.78 is 43.0. The maximum Gasteiger partial charge on any atom is 0.390 e. The molecule has 0 aromatic carbocycles. The summed E-state index contributed by atoms with van der Waals surface area (Å²) in [6, 6.07) is 0. The van der Waals surface area contributed by atoms with Crippen molar-refractivity contribution in [1.29, 1.82) is 0 Å². The third-order valence-electron chi connectivity index (χ3n) is 4.72. The Balaban J connectivity index is 2.09. The number of carboxylic acid groups (broad SMARTS) is 1. The molecule has 1 saturated heterocycles. The van der Waals surface area contributed by atoms with Crippen molar-refractivity contribution >= 4 is 11.9 Å². The summed E-state index contributed by atoms with van der Waals surface area (Å²) in [4.78, 5) is 23.1. The van der Waals surface area contributed by atoms with Gasteiger partial charge in [0.25, 0.3) is 0 Å². The van der Waals surface area contributed by atoms with E-state index in [-0.39, 0.29) is 6.42 Å². The van der Waals surface area contributed by atoms with Crippen molar-refractivity contribution in [2.75, 3.05) is 0 Å². The van der Waals surface area contributed by atoms with Gasteiger partial charge in [-0.1, -0.05) is 0 Å². The van der Waals surface area contributed by atoms with Crippen molar-refractivity contribution in [1.82, 2.24) is 0 Å². The molecule has 0 spiro atoms. The Labute approximate surface area is 105 Å². The van der Waals surface area contributed by atoms with E-state index < -0.39 is 59.9 Å². The Morgan fingerprint density at radius 3 is 2.63 bits per heavy atom. The lowest BCUT2D eigenvalue weighted by molar-refractivity contribution is -0.186. The van der Waals surface area contributed by atoms with E-state index in [1.165, 1.54) is 0 Å². The summed E-state index contributed by atoms with van der Waals surface area (Å²) in [7, 11) is 0. The number of carboxylic acids is 1. The Morgan fingerprint density at radius 1 is 1.47 bits per heavy atom. The lowest BCUT2D eigenvalue weighted by Gasteiger charge is -2.35. The summed E-state index contributed by atoms with van der Waals surface area (Å²) in [6.45, 7) is 0. The van der Waals surface area contributed by atoms with Crippen LogP contribution >= 0.6 is 0 Å². The summed E-state index contributed by atoms with van der Waals surface area (Å²) in [6.07, 6.45) is -8.24. The molecule has 1 heterocycles. The number of esters is 1. The van der Waals surface area contributed by atoms with Crippen LogP contribution in [0.2, 0.25) is 0 Å². The molecule has 3 aliphatic rings. The predicted molar refractivity (Wildman–Crippen MR) is 51.7 cm³/mol. The largest absolute Gasteiger partial charge is 0.481 e. The number of hydrogen-bond acceptors (Lipinski definition) is 4. The molecule has 0 amide bonds. The number of rotatable bonds is 2. The molecule has 3 fully saturated rings. The fourth-order valence-corrected chi connectivity index (χ4v) is 4.21. The summed E-state index contributed by atoms with van der Waals surface area (Å²) in [5, 5.41) is 19.0. The van der Waals surface area contributed by atoms with Crippen molar-refractivity contribution in [3.63, 3.8) is 0 Å². The van der Waals surface area contributed by atoms with Crippen molar-refractivity contribution in [2.45, 2.75) is 31.2 Å². The van der Waals surface area contributed by atoms with E-state index in [1.807, 2.05) is 0 Å². The number of carbonyl (C=O) groups is 2. The van der Waals surface area contributed by atoms with Gasteiger partial charge in [0.15, 0.2) is 0 Å². The third kappa shape index (κ3) is 1.40. The highest BCUT2D eigenvalue weighted by molar-refractivity contribution is 5.89. The Morgan fingerprint density at radius 2 is 2.11 bits per heavy atom. The summed E-state index contributed by atoms with van der Waals surface area (Å²) in [5.74, 6) is -5.84. The average Bonchev–Trinajstić information content (AvgIpc) is 2.77. The van der Waals surface area contributed by atoms with Gasteiger partial charge in [0, 0.05) is 11.8 Å². The quantitative estimate of drug-likeness (QED) is 0.722. The third-order valence-corrected chi connectivity index (χ3v) is 4.72. The van der Waals surface area contributed by atoms with Crippen LogP contribution in [-0.4, -0.2) is 40.5 Å². The normalized spacial score (nSPS) is 47.6. The molecular formula is C11H11F3O5. The first-order valence-electron chi connectivity index (χ1n) is 5.87. The molecule has 6 atom stereocenters. The van der Waals surface area contributed by atoms with Gasteiger partial charge in [-0.3, -0.25) is 9.59 Å². The Bertz CT molecular complexity index is 462. The number of aliphatic hydroxyl groups excluding tert-OH is 1. The molecule has 8 heteroatoms. The number of fused-ring (bicyclic) bond motifs is 1. The molecule has 6 unspecified atom stereocenters. The van der Waals surface area contributed by atoms with Gasteiger partial charge in [0.05, 0.1) is 23.9 Å². The smallest absolute Gasteiger partial charge is 0.390 e. The number of alkyl halides is 3. The first-order valence-corrected chi connectivity index (χ1v) is 5.87. The maximum absolute atomic E-state index is 12.7. The van der Waals surface area contributed by atoms with Crippen LogP contribution < -0.4 is 0 Å². The monoisotopic (exact) mass is 280 g/mol.